The summed E-state index contributed by atoms with van der Waals surface area (Å²) in [4.78, 5) is 29.3. The van der Waals surface area contributed by atoms with E-state index in [1.165, 1.54) is 13.2 Å². The van der Waals surface area contributed by atoms with Crippen molar-refractivity contribution >= 4 is 18.0 Å². The van der Waals surface area contributed by atoms with E-state index in [-0.39, 0.29) is 24.0 Å². The van der Waals surface area contributed by atoms with Crippen molar-refractivity contribution in [2.75, 3.05) is 19.0 Å². The van der Waals surface area contributed by atoms with Gasteiger partial charge in [-0.15, -0.1) is 0 Å². The lowest BCUT2D eigenvalue weighted by Gasteiger charge is -2.06. The van der Waals surface area contributed by atoms with Crippen molar-refractivity contribution in [3.05, 3.63) is 24.4 Å². The third-order valence-corrected chi connectivity index (χ3v) is 1.72. The first kappa shape index (κ1) is 13.4. The molecule has 0 saturated heterocycles. The molecule has 0 fully saturated rings. The van der Waals surface area contributed by atoms with Gasteiger partial charge in [0.15, 0.2) is 0 Å². The Labute approximate surface area is 102 Å². The zero-order valence-corrected chi connectivity index (χ0v) is 9.54. The highest BCUT2D eigenvalue weighted by atomic mass is 16.5. The first-order chi connectivity index (χ1) is 8.58. The topological polar surface area (TPSA) is 111 Å². The highest BCUT2D eigenvalue weighted by Gasteiger charge is 2.15. The predicted octanol–water partition coefficient (Wildman–Crippen LogP) is 0.918. The molecule has 0 aliphatic carbocycles. The molecule has 0 unspecified atom stereocenters. The fourth-order valence-electron chi connectivity index (χ4n) is 0.991. The van der Waals surface area contributed by atoms with Crippen molar-refractivity contribution in [3.8, 4) is 5.88 Å². The van der Waals surface area contributed by atoms with Gasteiger partial charge in [-0.05, 0) is 0 Å². The minimum atomic E-state index is -1.23. The molecule has 2 N–H and O–H groups in total. The average Bonchev–Trinajstić information content (AvgIpc) is 2.35. The Hall–Kier alpha value is -2.64. The van der Waals surface area contributed by atoms with Crippen LogP contribution in [0, 0.1) is 0 Å². The van der Waals surface area contributed by atoms with Gasteiger partial charge in [-0.2, -0.15) is 4.98 Å². The Morgan fingerprint density at radius 1 is 1.61 bits per heavy atom. The van der Waals surface area contributed by atoms with E-state index in [4.69, 9.17) is 9.84 Å². The van der Waals surface area contributed by atoms with Gasteiger partial charge in [-0.3, -0.25) is 5.32 Å². The van der Waals surface area contributed by atoms with E-state index >= 15 is 0 Å². The number of carboxylic acids is 1. The van der Waals surface area contributed by atoms with Crippen LogP contribution >= 0.6 is 0 Å². The molecule has 0 aliphatic rings. The first-order valence-corrected chi connectivity index (χ1v) is 4.77. The summed E-state index contributed by atoms with van der Waals surface area (Å²) in [5, 5.41) is 11.0. The number of aromatic nitrogens is 2. The Bertz CT molecular complexity index is 475. The number of carbonyl (C=O) groups is 2. The number of amides is 1. The van der Waals surface area contributed by atoms with E-state index in [0.29, 0.717) is 0 Å². The third kappa shape index (κ3) is 3.44. The lowest BCUT2D eigenvalue weighted by molar-refractivity contribution is 0.0692. The van der Waals surface area contributed by atoms with Gasteiger partial charge in [0.25, 0.3) is 0 Å². The summed E-state index contributed by atoms with van der Waals surface area (Å²) in [6.45, 7) is 3.41. The number of hydrogen-bond acceptors (Lipinski definition) is 6. The number of anilines is 1. The monoisotopic (exact) mass is 253 g/mol. The van der Waals surface area contributed by atoms with Gasteiger partial charge < -0.3 is 14.6 Å². The van der Waals surface area contributed by atoms with Crippen LogP contribution in [-0.2, 0) is 4.74 Å². The van der Waals surface area contributed by atoms with Crippen molar-refractivity contribution in [2.24, 2.45) is 0 Å². The van der Waals surface area contributed by atoms with Crippen LogP contribution in [0.2, 0.25) is 0 Å². The largest absolute Gasteiger partial charge is 0.480 e. The number of carbonyl (C=O) groups excluding carboxylic acids is 1. The van der Waals surface area contributed by atoms with Crippen LogP contribution in [0.1, 0.15) is 10.4 Å². The van der Waals surface area contributed by atoms with Gasteiger partial charge in [0.2, 0.25) is 11.8 Å². The second-order valence-corrected chi connectivity index (χ2v) is 2.93. The van der Waals surface area contributed by atoms with Gasteiger partial charge in [0.1, 0.15) is 12.2 Å². The fourth-order valence-corrected chi connectivity index (χ4v) is 0.991. The smallest absolute Gasteiger partial charge is 0.414 e. The highest BCUT2D eigenvalue weighted by molar-refractivity contribution is 5.90. The van der Waals surface area contributed by atoms with Crippen molar-refractivity contribution in [2.45, 2.75) is 0 Å². The summed E-state index contributed by atoms with van der Waals surface area (Å²) in [5.41, 5.74) is -0.206. The van der Waals surface area contributed by atoms with Crippen LogP contribution in [0.3, 0.4) is 0 Å². The number of carboxylic acid groups (broad SMARTS) is 1. The van der Waals surface area contributed by atoms with E-state index < -0.39 is 12.1 Å². The number of ether oxygens (including phenoxy) is 2. The molecule has 0 spiro atoms. The summed E-state index contributed by atoms with van der Waals surface area (Å²) in [6.07, 6.45) is 1.64. The molecule has 1 aromatic heterocycles. The maximum absolute atomic E-state index is 11.2. The first-order valence-electron chi connectivity index (χ1n) is 4.77. The number of hydrogen-bond donors (Lipinski definition) is 2. The lowest BCUT2D eigenvalue weighted by atomic mass is 10.3. The van der Waals surface area contributed by atoms with E-state index in [1.54, 1.807) is 0 Å². The molecule has 18 heavy (non-hydrogen) atoms. The van der Waals surface area contributed by atoms with Crippen molar-refractivity contribution in [1.82, 2.24) is 9.97 Å². The number of methoxy groups -OCH3 is 1. The zero-order valence-electron chi connectivity index (χ0n) is 9.54. The van der Waals surface area contributed by atoms with Crippen molar-refractivity contribution < 1.29 is 24.2 Å². The molecule has 8 nitrogen and oxygen atoms in total. The Morgan fingerprint density at radius 2 is 2.33 bits per heavy atom. The van der Waals surface area contributed by atoms with Crippen molar-refractivity contribution in [1.29, 1.82) is 0 Å². The minimum Gasteiger partial charge on any atom is -0.480 e. The van der Waals surface area contributed by atoms with E-state index in [9.17, 15) is 9.59 Å². The van der Waals surface area contributed by atoms with Gasteiger partial charge in [0, 0.05) is 0 Å². The SMILES string of the molecule is C=CCOC(=O)Nc1ncc(C(=O)O)c(OC)n1. The number of aromatic carboxylic acids is 1. The number of nitrogens with zero attached hydrogens (tertiary/aromatic N) is 2. The normalized spacial score (nSPS) is 9.39. The quantitative estimate of drug-likeness (QED) is 0.750. The predicted molar refractivity (Wildman–Crippen MR) is 60.7 cm³/mol. The molecule has 0 aliphatic heterocycles. The summed E-state index contributed by atoms with van der Waals surface area (Å²) < 4.78 is 9.41. The molecule has 1 rings (SSSR count). The molecule has 0 atom stereocenters. The molecule has 0 radical (unpaired) electrons. The third-order valence-electron chi connectivity index (χ3n) is 1.72. The standard InChI is InChI=1S/C10H11N3O5/c1-3-4-18-10(16)13-9-11-5-6(8(14)15)7(12-9)17-2/h3,5H,1,4H2,2H3,(H,14,15)(H,11,12,13,16). The van der Waals surface area contributed by atoms with Gasteiger partial charge >= 0.3 is 12.1 Å². The molecule has 0 saturated carbocycles. The van der Waals surface area contributed by atoms with Crippen LogP contribution in [0.5, 0.6) is 5.88 Å². The molecular weight excluding hydrogens is 242 g/mol. The van der Waals surface area contributed by atoms with E-state index in [1.807, 2.05) is 0 Å². The summed E-state index contributed by atoms with van der Waals surface area (Å²) in [6, 6.07) is 0. The summed E-state index contributed by atoms with van der Waals surface area (Å²) in [5.74, 6) is -1.50. The van der Waals surface area contributed by atoms with Crippen LogP contribution in [-0.4, -0.2) is 40.9 Å². The molecule has 1 heterocycles. The fraction of sp³-hybridized carbons (Fsp3) is 0.200. The Morgan fingerprint density at radius 3 is 2.89 bits per heavy atom. The zero-order chi connectivity index (χ0) is 13.5. The number of nitrogens with one attached hydrogen (secondary N) is 1. The average molecular weight is 253 g/mol. The van der Waals surface area contributed by atoms with E-state index in [2.05, 4.69) is 26.6 Å². The maximum Gasteiger partial charge on any atom is 0.414 e. The second kappa shape index (κ2) is 6.18. The number of rotatable bonds is 5. The minimum absolute atomic E-state index is 0.0379. The summed E-state index contributed by atoms with van der Waals surface area (Å²) >= 11 is 0. The molecule has 0 aromatic carbocycles. The second-order valence-electron chi connectivity index (χ2n) is 2.93. The summed E-state index contributed by atoms with van der Waals surface area (Å²) in [7, 11) is 1.26. The van der Waals surface area contributed by atoms with Crippen LogP contribution < -0.4 is 10.1 Å². The molecule has 1 amide bonds. The maximum atomic E-state index is 11.2. The van der Waals surface area contributed by atoms with Gasteiger partial charge in [0.05, 0.1) is 13.3 Å². The van der Waals surface area contributed by atoms with Crippen LogP contribution in [0.25, 0.3) is 0 Å². The molecule has 96 valence electrons. The van der Waals surface area contributed by atoms with Crippen molar-refractivity contribution in [3.63, 3.8) is 0 Å². The van der Waals surface area contributed by atoms with Crippen LogP contribution in [0.4, 0.5) is 10.7 Å². The molecular formula is C10H11N3O5. The molecule has 1 aromatic rings. The van der Waals surface area contributed by atoms with Gasteiger partial charge in [-0.25, -0.2) is 14.6 Å². The van der Waals surface area contributed by atoms with Crippen LogP contribution in [0.15, 0.2) is 18.9 Å². The molecule has 0 bridgehead atoms. The molecule has 8 heteroatoms. The Kier molecular flexibility index (Phi) is 4.61. The van der Waals surface area contributed by atoms with E-state index in [0.717, 1.165) is 6.20 Å². The Balaban J connectivity index is 2.82. The highest BCUT2D eigenvalue weighted by Crippen LogP contribution is 2.15. The lowest BCUT2D eigenvalue weighted by Crippen LogP contribution is -2.16. The van der Waals surface area contributed by atoms with Gasteiger partial charge in [-0.1, -0.05) is 12.7 Å².